The molecule has 0 radical (unpaired) electrons. The Morgan fingerprint density at radius 2 is 2.14 bits per heavy atom. The third kappa shape index (κ3) is 3.04. The zero-order valence-electron chi connectivity index (χ0n) is 13.0. The number of fused-ring (bicyclic) bond motifs is 1. The van der Waals surface area contributed by atoms with Gasteiger partial charge >= 0.3 is 0 Å². The third-order valence-corrected chi connectivity index (χ3v) is 3.75. The van der Waals surface area contributed by atoms with Gasteiger partial charge in [0.25, 0.3) is 5.69 Å². The highest BCUT2D eigenvalue weighted by molar-refractivity contribution is 5.94. The molecule has 2 N–H and O–H groups in total. The van der Waals surface area contributed by atoms with Gasteiger partial charge in [-0.3, -0.25) is 14.9 Å². The van der Waals surface area contributed by atoms with E-state index in [4.69, 9.17) is 4.74 Å². The Labute approximate surface area is 128 Å². The number of hydrogen-bond acceptors (Lipinski definition) is 5. The van der Waals surface area contributed by atoms with Crippen molar-refractivity contribution < 1.29 is 19.6 Å². The van der Waals surface area contributed by atoms with Gasteiger partial charge < -0.3 is 15.2 Å². The number of rotatable bonds is 3. The number of ether oxygens (including phenoxy) is 1. The zero-order valence-corrected chi connectivity index (χ0v) is 13.0. The quantitative estimate of drug-likeness (QED) is 0.658. The minimum atomic E-state index is -0.816. The summed E-state index contributed by atoms with van der Waals surface area (Å²) in [4.78, 5) is 22.5. The SMILES string of the molecule is CC(C)C(=O)Nc1cc2c(cc1[N+](=O)[O-])OC(C)(C)C(O)C2. The van der Waals surface area contributed by atoms with Crippen LogP contribution in [-0.2, 0) is 11.2 Å². The molecule has 1 aliphatic heterocycles. The van der Waals surface area contributed by atoms with E-state index in [-0.39, 0.29) is 23.2 Å². The van der Waals surface area contributed by atoms with Crippen LogP contribution in [0.4, 0.5) is 11.4 Å². The fourth-order valence-corrected chi connectivity index (χ4v) is 2.20. The number of anilines is 1. The van der Waals surface area contributed by atoms with Crippen LogP contribution in [0.1, 0.15) is 33.3 Å². The molecule has 0 saturated carbocycles. The largest absolute Gasteiger partial charge is 0.485 e. The lowest BCUT2D eigenvalue weighted by Crippen LogP contribution is -2.46. The molecule has 22 heavy (non-hydrogen) atoms. The summed E-state index contributed by atoms with van der Waals surface area (Å²) in [5.41, 5.74) is -0.279. The van der Waals surface area contributed by atoms with Crippen molar-refractivity contribution in [3.8, 4) is 5.75 Å². The van der Waals surface area contributed by atoms with Crippen molar-refractivity contribution in [2.24, 2.45) is 5.92 Å². The summed E-state index contributed by atoms with van der Waals surface area (Å²) in [6.07, 6.45) is -0.416. The molecule has 0 saturated heterocycles. The minimum Gasteiger partial charge on any atom is -0.485 e. The fraction of sp³-hybridized carbons (Fsp3) is 0.533. The summed E-state index contributed by atoms with van der Waals surface area (Å²) in [7, 11) is 0. The van der Waals surface area contributed by atoms with Gasteiger partial charge in [-0.2, -0.15) is 0 Å². The summed E-state index contributed by atoms with van der Waals surface area (Å²) < 4.78 is 5.66. The summed E-state index contributed by atoms with van der Waals surface area (Å²) in [5.74, 6) is -0.235. The van der Waals surface area contributed by atoms with Crippen LogP contribution < -0.4 is 10.1 Å². The number of nitro benzene ring substituents is 1. The third-order valence-electron chi connectivity index (χ3n) is 3.75. The number of benzene rings is 1. The van der Waals surface area contributed by atoms with Gasteiger partial charge in [0.1, 0.15) is 17.0 Å². The maximum atomic E-state index is 11.8. The first-order valence-electron chi connectivity index (χ1n) is 7.11. The fourth-order valence-electron chi connectivity index (χ4n) is 2.20. The zero-order chi connectivity index (χ0) is 16.7. The average Bonchev–Trinajstić information content (AvgIpc) is 2.39. The second-order valence-corrected chi connectivity index (χ2v) is 6.30. The van der Waals surface area contributed by atoms with Crippen molar-refractivity contribution in [3.05, 3.63) is 27.8 Å². The van der Waals surface area contributed by atoms with Crippen molar-refractivity contribution >= 4 is 17.3 Å². The lowest BCUT2D eigenvalue weighted by atomic mass is 9.90. The summed E-state index contributed by atoms with van der Waals surface area (Å²) in [5, 5.41) is 23.9. The van der Waals surface area contributed by atoms with Crippen LogP contribution in [0.15, 0.2) is 12.1 Å². The molecule has 0 fully saturated rings. The van der Waals surface area contributed by atoms with Crippen LogP contribution in [0.5, 0.6) is 5.75 Å². The van der Waals surface area contributed by atoms with Gasteiger partial charge in [-0.05, 0) is 25.5 Å². The summed E-state index contributed by atoms with van der Waals surface area (Å²) in [6, 6.07) is 2.81. The molecule has 0 spiro atoms. The molecule has 1 heterocycles. The summed E-state index contributed by atoms with van der Waals surface area (Å²) in [6.45, 7) is 6.85. The van der Waals surface area contributed by atoms with Crippen molar-refractivity contribution in [1.82, 2.24) is 0 Å². The molecule has 0 bridgehead atoms. The minimum absolute atomic E-state index is 0.123. The van der Waals surface area contributed by atoms with Crippen molar-refractivity contribution in [3.63, 3.8) is 0 Å². The topological polar surface area (TPSA) is 102 Å². The highest BCUT2D eigenvalue weighted by Crippen LogP contribution is 2.39. The van der Waals surface area contributed by atoms with Crippen LogP contribution in [0.2, 0.25) is 0 Å². The second-order valence-electron chi connectivity index (χ2n) is 6.30. The van der Waals surface area contributed by atoms with Crippen LogP contribution in [-0.4, -0.2) is 27.6 Å². The molecule has 7 nitrogen and oxygen atoms in total. The van der Waals surface area contributed by atoms with Gasteiger partial charge in [-0.25, -0.2) is 0 Å². The van der Waals surface area contributed by atoms with Crippen LogP contribution in [0.3, 0.4) is 0 Å². The van der Waals surface area contributed by atoms with E-state index < -0.39 is 16.6 Å². The lowest BCUT2D eigenvalue weighted by molar-refractivity contribution is -0.384. The number of aliphatic hydroxyl groups excluding tert-OH is 1. The van der Waals surface area contributed by atoms with Gasteiger partial charge in [0.15, 0.2) is 0 Å². The molecule has 1 unspecified atom stereocenters. The Bertz CT molecular complexity index is 625. The molecule has 2 rings (SSSR count). The molecule has 0 aromatic heterocycles. The molecule has 1 aromatic rings. The van der Waals surface area contributed by atoms with Crippen molar-refractivity contribution in [2.75, 3.05) is 5.32 Å². The number of nitrogens with zero attached hydrogens (tertiary/aromatic N) is 1. The van der Waals surface area contributed by atoms with Gasteiger partial charge in [0.2, 0.25) is 5.91 Å². The maximum absolute atomic E-state index is 11.8. The highest BCUT2D eigenvalue weighted by atomic mass is 16.6. The van der Waals surface area contributed by atoms with Gasteiger partial charge in [0, 0.05) is 12.3 Å². The smallest absolute Gasteiger partial charge is 0.296 e. The van der Waals surface area contributed by atoms with Crippen LogP contribution in [0.25, 0.3) is 0 Å². The standard InChI is InChI=1S/C15H20N2O5/c1-8(2)14(19)16-10-5-9-6-13(18)15(3,4)22-12(9)7-11(10)17(20)21/h5,7-8,13,18H,6H2,1-4H3,(H,16,19). The first-order valence-corrected chi connectivity index (χ1v) is 7.11. The van der Waals surface area contributed by atoms with E-state index in [9.17, 15) is 20.0 Å². The van der Waals surface area contributed by atoms with Crippen molar-refractivity contribution in [1.29, 1.82) is 0 Å². The Kier molecular flexibility index (Phi) is 4.10. The van der Waals surface area contributed by atoms with E-state index in [0.717, 1.165) is 0 Å². The first kappa shape index (κ1) is 16.2. The molecule has 0 aliphatic carbocycles. The Balaban J connectivity index is 2.46. The van der Waals surface area contributed by atoms with E-state index in [0.29, 0.717) is 17.7 Å². The molecule has 7 heteroatoms. The average molecular weight is 308 g/mol. The van der Waals surface area contributed by atoms with Crippen molar-refractivity contribution in [2.45, 2.75) is 45.8 Å². The van der Waals surface area contributed by atoms with E-state index >= 15 is 0 Å². The van der Waals surface area contributed by atoms with Crippen LogP contribution in [0, 0.1) is 16.0 Å². The molecule has 1 aromatic carbocycles. The summed E-state index contributed by atoms with van der Waals surface area (Å²) >= 11 is 0. The monoisotopic (exact) mass is 308 g/mol. The normalized spacial score (nSPS) is 19.3. The number of nitro groups is 1. The van der Waals surface area contributed by atoms with Gasteiger partial charge in [0.05, 0.1) is 17.1 Å². The van der Waals surface area contributed by atoms with E-state index in [1.165, 1.54) is 12.1 Å². The number of hydrogen-bond donors (Lipinski definition) is 2. The number of nitrogens with one attached hydrogen (secondary N) is 1. The van der Waals surface area contributed by atoms with E-state index in [2.05, 4.69) is 5.32 Å². The maximum Gasteiger partial charge on any atom is 0.296 e. The Morgan fingerprint density at radius 3 is 2.68 bits per heavy atom. The Hall–Kier alpha value is -2.15. The Morgan fingerprint density at radius 1 is 1.50 bits per heavy atom. The predicted octanol–water partition coefficient (Wildman–Crippen LogP) is 2.26. The highest BCUT2D eigenvalue weighted by Gasteiger charge is 2.37. The second kappa shape index (κ2) is 5.57. The lowest BCUT2D eigenvalue weighted by Gasteiger charge is -2.37. The number of amides is 1. The molecule has 1 aliphatic rings. The molecular weight excluding hydrogens is 288 g/mol. The number of carbonyl (C=O) groups is 1. The molecule has 1 atom stereocenters. The van der Waals surface area contributed by atoms with Gasteiger partial charge in [-0.15, -0.1) is 0 Å². The number of carbonyl (C=O) groups excluding carboxylic acids is 1. The van der Waals surface area contributed by atoms with Gasteiger partial charge in [-0.1, -0.05) is 13.8 Å². The van der Waals surface area contributed by atoms with E-state index in [1.807, 2.05) is 0 Å². The molecule has 120 valence electrons. The molecular formula is C15H20N2O5. The molecule has 1 amide bonds. The predicted molar refractivity (Wildman–Crippen MR) is 81.0 cm³/mol. The van der Waals surface area contributed by atoms with E-state index in [1.54, 1.807) is 27.7 Å². The first-order chi connectivity index (χ1) is 10.1. The van der Waals surface area contributed by atoms with Crippen LogP contribution >= 0.6 is 0 Å². The number of aliphatic hydroxyl groups is 1.